The maximum Gasteiger partial charge on any atom is 0.490 e. The molecule has 31 heavy (non-hydrogen) atoms. The maximum absolute atomic E-state index is 12.0. The highest BCUT2D eigenvalue weighted by Crippen LogP contribution is 2.43. The summed E-state index contributed by atoms with van der Waals surface area (Å²) in [6, 6.07) is 4.01. The third-order valence-corrected chi connectivity index (χ3v) is 5.83. The van der Waals surface area contributed by atoms with E-state index in [0.29, 0.717) is 32.6 Å². The molecule has 2 aliphatic heterocycles. The van der Waals surface area contributed by atoms with Crippen LogP contribution in [0, 0.1) is 11.3 Å². The molecule has 174 valence electrons. The molecule has 3 rings (SSSR count). The maximum atomic E-state index is 12.0. The summed E-state index contributed by atoms with van der Waals surface area (Å²) >= 11 is 0. The monoisotopic (exact) mass is 448 g/mol. The Hall–Kier alpha value is -2.56. The van der Waals surface area contributed by atoms with Crippen LogP contribution in [0.25, 0.3) is 0 Å². The van der Waals surface area contributed by atoms with Crippen LogP contribution in [0.4, 0.5) is 13.2 Å². The van der Waals surface area contributed by atoms with Gasteiger partial charge < -0.3 is 19.5 Å². The van der Waals surface area contributed by atoms with Crippen LogP contribution in [0.15, 0.2) is 16.5 Å². The Bertz CT molecular complexity index is 809. The molecule has 0 unspecified atom stereocenters. The molecule has 2 atom stereocenters. The Kier molecular flexibility index (Phi) is 7.74. The van der Waals surface area contributed by atoms with Crippen molar-refractivity contribution in [1.82, 2.24) is 9.80 Å². The minimum atomic E-state index is -5.08. The number of aryl methyl sites for hydroxylation is 1. The van der Waals surface area contributed by atoms with Gasteiger partial charge in [-0.15, -0.1) is 0 Å². The molecule has 3 heterocycles. The van der Waals surface area contributed by atoms with Crippen molar-refractivity contribution in [2.75, 3.05) is 26.2 Å². The highest BCUT2D eigenvalue weighted by Gasteiger charge is 2.53. The van der Waals surface area contributed by atoms with Crippen molar-refractivity contribution in [2.45, 2.75) is 45.8 Å². The van der Waals surface area contributed by atoms with Crippen LogP contribution in [0.5, 0.6) is 0 Å². The summed E-state index contributed by atoms with van der Waals surface area (Å²) in [6.45, 7) is 6.73. The second kappa shape index (κ2) is 9.71. The van der Waals surface area contributed by atoms with Gasteiger partial charge in [-0.25, -0.2) is 4.79 Å². The Morgan fingerprint density at radius 2 is 1.81 bits per heavy atom. The number of hydrogen-bond donors (Lipinski definition) is 2. The first-order valence-electron chi connectivity index (χ1n) is 9.98. The van der Waals surface area contributed by atoms with E-state index in [9.17, 15) is 27.9 Å². The normalized spacial score (nSPS) is 24.0. The Labute approximate surface area is 177 Å². The SMILES string of the molecule is CCc1ccc(CN2CCC[C@]3(C(=O)O)CN(C(C)=O)C[C@@H]3C2)o1.O=C(O)C(F)(F)F. The van der Waals surface area contributed by atoms with Crippen molar-refractivity contribution in [3.8, 4) is 0 Å². The van der Waals surface area contributed by atoms with Gasteiger partial charge in [-0.2, -0.15) is 13.2 Å². The number of likely N-dealkylation sites (tertiary alicyclic amines) is 2. The Morgan fingerprint density at radius 1 is 1.19 bits per heavy atom. The van der Waals surface area contributed by atoms with Gasteiger partial charge in [0, 0.05) is 38.9 Å². The largest absolute Gasteiger partial charge is 0.490 e. The molecule has 0 saturated carbocycles. The zero-order chi connectivity index (χ0) is 23.4. The standard InChI is InChI=1S/C18H26N2O4.C2HF3O2/c1-3-15-5-6-16(24-15)11-19-8-4-7-18(17(22)23)12-20(13(2)21)10-14(18)9-19;3-2(4,5)1(6)7/h5-6,14H,3-4,7-12H2,1-2H3,(H,22,23);(H,6,7)/t14-,18-;/m0./s1. The third-order valence-electron chi connectivity index (χ3n) is 5.83. The smallest absolute Gasteiger partial charge is 0.481 e. The highest BCUT2D eigenvalue weighted by molar-refractivity contribution is 5.80. The second-order valence-electron chi connectivity index (χ2n) is 7.92. The number of rotatable bonds is 4. The molecular formula is C20H27F3N2O6. The summed E-state index contributed by atoms with van der Waals surface area (Å²) in [7, 11) is 0. The van der Waals surface area contributed by atoms with E-state index >= 15 is 0 Å². The van der Waals surface area contributed by atoms with E-state index in [2.05, 4.69) is 11.8 Å². The molecule has 1 aromatic rings. The fourth-order valence-corrected chi connectivity index (χ4v) is 4.16. The molecule has 1 aromatic heterocycles. The first-order valence-corrected chi connectivity index (χ1v) is 9.98. The molecule has 2 aliphatic rings. The number of carboxylic acids is 2. The zero-order valence-corrected chi connectivity index (χ0v) is 17.4. The molecule has 0 aliphatic carbocycles. The van der Waals surface area contributed by atoms with Crippen molar-refractivity contribution in [2.24, 2.45) is 11.3 Å². The molecule has 11 heteroatoms. The van der Waals surface area contributed by atoms with E-state index in [1.54, 1.807) is 4.90 Å². The quantitative estimate of drug-likeness (QED) is 0.728. The van der Waals surface area contributed by atoms with Crippen LogP contribution in [0.1, 0.15) is 38.2 Å². The fraction of sp³-hybridized carbons (Fsp3) is 0.650. The van der Waals surface area contributed by atoms with Gasteiger partial charge in [0.05, 0.1) is 12.0 Å². The van der Waals surface area contributed by atoms with E-state index in [1.807, 2.05) is 12.1 Å². The van der Waals surface area contributed by atoms with Crippen LogP contribution >= 0.6 is 0 Å². The highest BCUT2D eigenvalue weighted by atomic mass is 19.4. The average Bonchev–Trinajstić information content (AvgIpc) is 3.23. The van der Waals surface area contributed by atoms with Gasteiger partial charge in [-0.3, -0.25) is 14.5 Å². The Balaban J connectivity index is 0.000000423. The topological polar surface area (TPSA) is 111 Å². The first kappa shape index (κ1) is 24.7. The van der Waals surface area contributed by atoms with Crippen molar-refractivity contribution >= 4 is 17.8 Å². The zero-order valence-electron chi connectivity index (χ0n) is 17.4. The Morgan fingerprint density at radius 3 is 2.29 bits per heavy atom. The summed E-state index contributed by atoms with van der Waals surface area (Å²) in [4.78, 5) is 36.6. The molecule has 8 nitrogen and oxygen atoms in total. The van der Waals surface area contributed by atoms with Crippen molar-refractivity contribution in [3.05, 3.63) is 23.7 Å². The van der Waals surface area contributed by atoms with Crippen LogP contribution < -0.4 is 0 Å². The molecule has 2 saturated heterocycles. The number of fused-ring (bicyclic) bond motifs is 1. The summed E-state index contributed by atoms with van der Waals surface area (Å²) < 4.78 is 37.5. The van der Waals surface area contributed by atoms with Gasteiger partial charge in [0.15, 0.2) is 0 Å². The van der Waals surface area contributed by atoms with Crippen molar-refractivity contribution < 1.29 is 42.2 Å². The second-order valence-corrected chi connectivity index (χ2v) is 7.92. The number of halogens is 3. The number of aliphatic carboxylic acids is 2. The van der Waals surface area contributed by atoms with Crippen LogP contribution in [0.3, 0.4) is 0 Å². The molecule has 2 N–H and O–H groups in total. The lowest BCUT2D eigenvalue weighted by molar-refractivity contribution is -0.192. The number of furan rings is 1. The molecule has 0 bridgehead atoms. The molecule has 0 spiro atoms. The number of nitrogens with zero attached hydrogens (tertiary/aromatic N) is 2. The number of carbonyl (C=O) groups is 3. The van der Waals surface area contributed by atoms with Crippen LogP contribution in [-0.2, 0) is 27.3 Å². The van der Waals surface area contributed by atoms with Crippen LogP contribution in [-0.4, -0.2) is 70.2 Å². The van der Waals surface area contributed by atoms with E-state index in [-0.39, 0.29) is 11.8 Å². The number of hydrogen-bond acceptors (Lipinski definition) is 5. The van der Waals surface area contributed by atoms with Crippen molar-refractivity contribution in [3.63, 3.8) is 0 Å². The van der Waals surface area contributed by atoms with Gasteiger partial charge in [-0.05, 0) is 31.5 Å². The predicted octanol–water partition coefficient (Wildman–Crippen LogP) is 2.62. The lowest BCUT2D eigenvalue weighted by atomic mass is 9.75. The average molecular weight is 448 g/mol. The minimum Gasteiger partial charge on any atom is -0.481 e. The third kappa shape index (κ3) is 5.99. The molecule has 2 fully saturated rings. The first-order chi connectivity index (χ1) is 14.4. The fourth-order valence-electron chi connectivity index (χ4n) is 4.16. The molecular weight excluding hydrogens is 421 g/mol. The van der Waals surface area contributed by atoms with E-state index in [1.165, 1.54) is 6.92 Å². The molecule has 1 amide bonds. The van der Waals surface area contributed by atoms with Gasteiger partial charge in [0.1, 0.15) is 11.5 Å². The summed E-state index contributed by atoms with van der Waals surface area (Å²) in [5.41, 5.74) is -0.793. The predicted molar refractivity (Wildman–Crippen MR) is 102 cm³/mol. The molecule has 0 radical (unpaired) electrons. The number of alkyl halides is 3. The number of carbonyl (C=O) groups excluding carboxylic acids is 1. The lowest BCUT2D eigenvalue weighted by Gasteiger charge is -2.29. The number of amides is 1. The van der Waals surface area contributed by atoms with Gasteiger partial charge >= 0.3 is 18.1 Å². The summed E-state index contributed by atoms with van der Waals surface area (Å²) in [6.07, 6.45) is -2.75. The van der Waals surface area contributed by atoms with E-state index < -0.39 is 23.5 Å². The van der Waals surface area contributed by atoms with Gasteiger partial charge in [0.25, 0.3) is 0 Å². The van der Waals surface area contributed by atoms with Gasteiger partial charge in [-0.1, -0.05) is 6.92 Å². The number of carboxylic acid groups (broad SMARTS) is 2. The van der Waals surface area contributed by atoms with Crippen molar-refractivity contribution in [1.29, 1.82) is 0 Å². The van der Waals surface area contributed by atoms with Gasteiger partial charge in [0.2, 0.25) is 5.91 Å². The summed E-state index contributed by atoms with van der Waals surface area (Å²) in [5, 5.41) is 17.0. The van der Waals surface area contributed by atoms with Crippen LogP contribution in [0.2, 0.25) is 0 Å². The lowest BCUT2D eigenvalue weighted by Crippen LogP contribution is -2.41. The van der Waals surface area contributed by atoms with E-state index in [4.69, 9.17) is 14.3 Å². The summed E-state index contributed by atoms with van der Waals surface area (Å²) in [5.74, 6) is -1.67. The molecule has 0 aromatic carbocycles. The minimum absolute atomic E-state index is 0.0259. The van der Waals surface area contributed by atoms with E-state index in [0.717, 1.165) is 30.9 Å².